The molecule has 0 aliphatic carbocycles. The Morgan fingerprint density at radius 2 is 1.67 bits per heavy atom. The molecule has 1 saturated heterocycles. The number of hydrogen-bond acceptors (Lipinski definition) is 4. The predicted molar refractivity (Wildman–Crippen MR) is 90.1 cm³/mol. The summed E-state index contributed by atoms with van der Waals surface area (Å²) in [5.74, 6) is 0. The van der Waals surface area contributed by atoms with Gasteiger partial charge < -0.3 is 5.32 Å². The average molecular weight is 344 g/mol. The second-order valence-corrected chi connectivity index (χ2v) is 8.04. The first kappa shape index (κ1) is 16.5. The molecule has 0 amide bonds. The van der Waals surface area contributed by atoms with Crippen molar-refractivity contribution in [2.75, 3.05) is 13.1 Å². The van der Waals surface area contributed by atoms with E-state index in [9.17, 15) is 8.42 Å². The minimum atomic E-state index is -3.19. The molecule has 1 aromatic heterocycles. The quantitative estimate of drug-likeness (QED) is 0.929. The van der Waals surface area contributed by atoms with Crippen LogP contribution in [-0.4, -0.2) is 26.8 Å². The SMILES string of the molecule is Cl.O=S(=O)(c1ccc(-c2ccsc2)cc1)C1CCNCC1. The summed E-state index contributed by atoms with van der Waals surface area (Å²) in [4.78, 5) is 0.448. The van der Waals surface area contributed by atoms with Crippen LogP contribution in [0.15, 0.2) is 46.0 Å². The van der Waals surface area contributed by atoms with Gasteiger partial charge in [0.15, 0.2) is 9.84 Å². The van der Waals surface area contributed by atoms with Crippen LogP contribution in [0.4, 0.5) is 0 Å². The summed E-state index contributed by atoms with van der Waals surface area (Å²) >= 11 is 1.64. The van der Waals surface area contributed by atoms with Gasteiger partial charge in [-0.05, 0) is 66.0 Å². The van der Waals surface area contributed by atoms with Crippen LogP contribution >= 0.6 is 23.7 Å². The van der Waals surface area contributed by atoms with Crippen molar-refractivity contribution >= 4 is 33.6 Å². The minimum absolute atomic E-state index is 0. The third-order valence-corrected chi connectivity index (χ3v) is 6.72. The topological polar surface area (TPSA) is 46.2 Å². The summed E-state index contributed by atoms with van der Waals surface area (Å²) in [5, 5.41) is 7.05. The molecule has 3 rings (SSSR count). The molecule has 0 atom stereocenters. The van der Waals surface area contributed by atoms with E-state index in [0.29, 0.717) is 17.7 Å². The first-order valence-corrected chi connectivity index (χ1v) is 9.24. The molecule has 6 heteroatoms. The van der Waals surface area contributed by atoms with Crippen LogP contribution < -0.4 is 5.32 Å². The van der Waals surface area contributed by atoms with Gasteiger partial charge >= 0.3 is 0 Å². The number of hydrogen-bond donors (Lipinski definition) is 1. The molecule has 21 heavy (non-hydrogen) atoms. The van der Waals surface area contributed by atoms with Gasteiger partial charge in [0.1, 0.15) is 0 Å². The van der Waals surface area contributed by atoms with Crippen LogP contribution in [0, 0.1) is 0 Å². The zero-order chi connectivity index (χ0) is 14.0. The van der Waals surface area contributed by atoms with Crippen molar-refractivity contribution in [3.63, 3.8) is 0 Å². The lowest BCUT2D eigenvalue weighted by molar-refractivity contribution is 0.496. The van der Waals surface area contributed by atoms with Crippen LogP contribution in [0.25, 0.3) is 11.1 Å². The number of thiophene rings is 1. The van der Waals surface area contributed by atoms with Gasteiger partial charge in [-0.2, -0.15) is 11.3 Å². The summed E-state index contributed by atoms with van der Waals surface area (Å²) in [6.45, 7) is 1.58. The lowest BCUT2D eigenvalue weighted by Crippen LogP contribution is -2.35. The summed E-state index contributed by atoms with van der Waals surface area (Å²) in [7, 11) is -3.19. The van der Waals surface area contributed by atoms with E-state index >= 15 is 0 Å². The third kappa shape index (κ3) is 3.48. The van der Waals surface area contributed by atoms with Crippen molar-refractivity contribution in [2.45, 2.75) is 23.0 Å². The molecule has 114 valence electrons. The van der Waals surface area contributed by atoms with E-state index in [2.05, 4.69) is 10.7 Å². The second-order valence-electron chi connectivity index (χ2n) is 5.03. The van der Waals surface area contributed by atoms with Gasteiger partial charge in [0.2, 0.25) is 0 Å². The fourth-order valence-electron chi connectivity index (χ4n) is 2.56. The van der Waals surface area contributed by atoms with Crippen molar-refractivity contribution in [1.29, 1.82) is 0 Å². The van der Waals surface area contributed by atoms with E-state index < -0.39 is 9.84 Å². The lowest BCUT2D eigenvalue weighted by Gasteiger charge is -2.22. The molecule has 1 fully saturated rings. The van der Waals surface area contributed by atoms with Crippen molar-refractivity contribution < 1.29 is 8.42 Å². The van der Waals surface area contributed by atoms with Crippen molar-refractivity contribution in [3.05, 3.63) is 41.1 Å². The van der Waals surface area contributed by atoms with Gasteiger partial charge in [-0.25, -0.2) is 8.42 Å². The second kappa shape index (κ2) is 6.92. The molecule has 1 aromatic carbocycles. The van der Waals surface area contributed by atoms with Gasteiger partial charge in [0.25, 0.3) is 0 Å². The maximum Gasteiger partial charge on any atom is 0.181 e. The molecule has 0 unspecified atom stereocenters. The highest BCUT2D eigenvalue weighted by Crippen LogP contribution is 2.26. The highest BCUT2D eigenvalue weighted by Gasteiger charge is 2.28. The molecule has 0 spiro atoms. The summed E-state index contributed by atoms with van der Waals surface area (Å²) in [5.41, 5.74) is 2.20. The zero-order valence-electron chi connectivity index (χ0n) is 11.5. The molecule has 2 aromatic rings. The molecular weight excluding hydrogens is 326 g/mol. The fourth-order valence-corrected chi connectivity index (χ4v) is 4.99. The van der Waals surface area contributed by atoms with E-state index in [-0.39, 0.29) is 17.7 Å². The number of rotatable bonds is 3. The van der Waals surface area contributed by atoms with Gasteiger partial charge in [-0.1, -0.05) is 12.1 Å². The monoisotopic (exact) mass is 343 g/mol. The Bertz CT molecular complexity index is 660. The summed E-state index contributed by atoms with van der Waals surface area (Å²) < 4.78 is 25.1. The number of piperidine rings is 1. The largest absolute Gasteiger partial charge is 0.317 e. The highest BCUT2D eigenvalue weighted by molar-refractivity contribution is 7.92. The Kier molecular flexibility index (Phi) is 5.43. The van der Waals surface area contributed by atoms with E-state index in [1.54, 1.807) is 23.5 Å². The Hall–Kier alpha value is -0.880. The van der Waals surface area contributed by atoms with Gasteiger partial charge in [-0.15, -0.1) is 12.4 Å². The average Bonchev–Trinajstić information content (AvgIpc) is 3.02. The maximum absolute atomic E-state index is 12.6. The predicted octanol–water partition coefficient (Wildman–Crippen LogP) is 3.36. The Morgan fingerprint density at radius 1 is 1.00 bits per heavy atom. The molecule has 3 nitrogen and oxygen atoms in total. The van der Waals surface area contributed by atoms with E-state index in [1.807, 2.05) is 23.6 Å². The number of halogens is 1. The molecule has 2 heterocycles. The molecule has 1 aliphatic rings. The van der Waals surface area contributed by atoms with E-state index in [0.717, 1.165) is 24.2 Å². The van der Waals surface area contributed by atoms with Gasteiger partial charge in [-0.3, -0.25) is 0 Å². The fraction of sp³-hybridized carbons (Fsp3) is 0.333. The number of benzene rings is 1. The maximum atomic E-state index is 12.6. The molecule has 1 aliphatic heterocycles. The molecule has 1 N–H and O–H groups in total. The Labute approximate surface area is 135 Å². The number of sulfone groups is 1. The standard InChI is InChI=1S/C15H17NO2S2.ClH/c17-20(18,15-5-8-16-9-6-15)14-3-1-12(2-4-14)13-7-10-19-11-13;/h1-4,7,10-11,15-16H,5-6,8-9H2;1H. The molecule has 0 bridgehead atoms. The zero-order valence-corrected chi connectivity index (χ0v) is 13.9. The van der Waals surface area contributed by atoms with Crippen molar-refractivity contribution in [1.82, 2.24) is 5.32 Å². The van der Waals surface area contributed by atoms with Crippen LogP contribution in [0.5, 0.6) is 0 Å². The lowest BCUT2D eigenvalue weighted by atomic mass is 10.1. The molecular formula is C15H18ClNO2S2. The van der Waals surface area contributed by atoms with Crippen LogP contribution in [0.2, 0.25) is 0 Å². The van der Waals surface area contributed by atoms with E-state index in [4.69, 9.17) is 0 Å². The Morgan fingerprint density at radius 3 is 2.24 bits per heavy atom. The first-order chi connectivity index (χ1) is 9.68. The van der Waals surface area contributed by atoms with Crippen LogP contribution in [-0.2, 0) is 9.84 Å². The highest BCUT2D eigenvalue weighted by atomic mass is 35.5. The van der Waals surface area contributed by atoms with Crippen molar-refractivity contribution in [3.8, 4) is 11.1 Å². The van der Waals surface area contributed by atoms with Gasteiger partial charge in [0, 0.05) is 0 Å². The van der Waals surface area contributed by atoms with Crippen LogP contribution in [0.3, 0.4) is 0 Å². The van der Waals surface area contributed by atoms with Crippen LogP contribution in [0.1, 0.15) is 12.8 Å². The summed E-state index contributed by atoms with van der Waals surface area (Å²) in [6, 6.07) is 9.32. The Balaban J connectivity index is 0.00000161. The van der Waals surface area contributed by atoms with Gasteiger partial charge in [0.05, 0.1) is 10.1 Å². The molecule has 0 saturated carbocycles. The van der Waals surface area contributed by atoms with Crippen molar-refractivity contribution in [2.24, 2.45) is 0 Å². The smallest absolute Gasteiger partial charge is 0.181 e. The normalized spacial score (nSPS) is 16.4. The first-order valence-electron chi connectivity index (χ1n) is 6.75. The third-order valence-electron chi connectivity index (χ3n) is 3.76. The summed E-state index contributed by atoms with van der Waals surface area (Å²) in [6.07, 6.45) is 1.41. The minimum Gasteiger partial charge on any atom is -0.317 e. The van der Waals surface area contributed by atoms with E-state index in [1.165, 1.54) is 0 Å². The molecule has 0 radical (unpaired) electrons. The number of nitrogens with one attached hydrogen (secondary N) is 1.